The third kappa shape index (κ3) is 3.32. The zero-order valence-corrected chi connectivity index (χ0v) is 8.40. The maximum absolute atomic E-state index is 5.23. The highest BCUT2D eigenvalue weighted by atomic mass is 16.5. The Labute approximate surface area is 84.6 Å². The first-order valence-electron chi connectivity index (χ1n) is 4.47. The second-order valence-corrected chi connectivity index (χ2v) is 3.11. The van der Waals surface area contributed by atoms with Gasteiger partial charge in [0.05, 0.1) is 11.8 Å². The van der Waals surface area contributed by atoms with E-state index in [1.165, 1.54) is 6.40 Å². The number of nitrogens with zero attached hydrogens (tertiary/aromatic N) is 1. The lowest BCUT2D eigenvalue weighted by molar-refractivity contribution is 0.241. The molecule has 2 nitrogen and oxygen atoms in total. The molecule has 0 saturated heterocycles. The van der Waals surface area contributed by atoms with E-state index in [1.807, 2.05) is 38.1 Å². The first kappa shape index (κ1) is 10.3. The van der Waals surface area contributed by atoms with Crippen LogP contribution in [0.1, 0.15) is 19.4 Å². The molecule has 0 amide bonds. The molecular formula is C12H13NO. The molecule has 0 unspecified atom stereocenters. The van der Waals surface area contributed by atoms with Gasteiger partial charge in [0.25, 0.3) is 0 Å². The van der Waals surface area contributed by atoms with Gasteiger partial charge in [0.1, 0.15) is 0 Å². The Hall–Kier alpha value is -1.75. The van der Waals surface area contributed by atoms with Gasteiger partial charge in [0.15, 0.2) is 6.40 Å². The fraction of sp³-hybridized carbons (Fsp3) is 0.250. The molecule has 72 valence electrons. The summed E-state index contributed by atoms with van der Waals surface area (Å²) in [5.74, 6) is 2.55. The summed E-state index contributed by atoms with van der Waals surface area (Å²) in [6.07, 6.45) is 6.84. The van der Waals surface area contributed by atoms with E-state index >= 15 is 0 Å². The van der Waals surface area contributed by atoms with Gasteiger partial charge in [-0.15, -0.1) is 6.42 Å². The topological polar surface area (TPSA) is 21.6 Å². The lowest BCUT2D eigenvalue weighted by Gasteiger charge is -2.01. The molecule has 0 aliphatic heterocycles. The van der Waals surface area contributed by atoms with E-state index in [0.29, 0.717) is 0 Å². The molecule has 0 aliphatic carbocycles. The van der Waals surface area contributed by atoms with Crippen molar-refractivity contribution in [2.45, 2.75) is 20.0 Å². The predicted molar refractivity (Wildman–Crippen MR) is 58.8 cm³/mol. The van der Waals surface area contributed by atoms with E-state index in [1.54, 1.807) is 0 Å². The summed E-state index contributed by atoms with van der Waals surface area (Å²) in [5.41, 5.74) is 1.69. The molecule has 0 atom stereocenters. The fourth-order valence-electron chi connectivity index (χ4n) is 0.857. The van der Waals surface area contributed by atoms with Gasteiger partial charge >= 0.3 is 0 Å². The van der Waals surface area contributed by atoms with Crippen LogP contribution in [0.4, 0.5) is 5.69 Å². The van der Waals surface area contributed by atoms with Crippen molar-refractivity contribution in [1.82, 2.24) is 0 Å². The van der Waals surface area contributed by atoms with E-state index in [9.17, 15) is 0 Å². The number of rotatable bonds is 3. The molecule has 0 bridgehead atoms. The summed E-state index contributed by atoms with van der Waals surface area (Å²) in [6.45, 7) is 3.90. The van der Waals surface area contributed by atoms with Crippen LogP contribution >= 0.6 is 0 Å². The molecule has 1 aromatic carbocycles. The van der Waals surface area contributed by atoms with Gasteiger partial charge < -0.3 is 4.74 Å². The summed E-state index contributed by atoms with van der Waals surface area (Å²) in [5, 5.41) is 0. The van der Waals surface area contributed by atoms with E-state index in [2.05, 4.69) is 10.9 Å². The molecule has 2 heteroatoms. The van der Waals surface area contributed by atoms with E-state index in [-0.39, 0.29) is 6.10 Å². The van der Waals surface area contributed by atoms with Gasteiger partial charge in [-0.3, -0.25) is 0 Å². The van der Waals surface area contributed by atoms with Crippen molar-refractivity contribution in [3.8, 4) is 12.3 Å². The molecule has 0 aliphatic rings. The maximum Gasteiger partial charge on any atom is 0.174 e. The minimum atomic E-state index is 0.156. The minimum Gasteiger partial charge on any atom is -0.481 e. The first-order valence-corrected chi connectivity index (χ1v) is 4.47. The van der Waals surface area contributed by atoms with Crippen molar-refractivity contribution in [3.05, 3.63) is 29.8 Å². The third-order valence-electron chi connectivity index (χ3n) is 1.57. The second-order valence-electron chi connectivity index (χ2n) is 3.11. The summed E-state index contributed by atoms with van der Waals surface area (Å²) < 4.78 is 5.17. The second kappa shape index (κ2) is 5.08. The highest BCUT2D eigenvalue weighted by Gasteiger charge is 1.90. The monoisotopic (exact) mass is 187 g/mol. The maximum atomic E-state index is 5.23. The van der Waals surface area contributed by atoms with Crippen LogP contribution in [0, 0.1) is 12.3 Å². The van der Waals surface area contributed by atoms with Gasteiger partial charge in [-0.25, -0.2) is 4.99 Å². The molecule has 0 saturated carbocycles. The molecule has 1 rings (SSSR count). The normalized spacial score (nSPS) is 10.4. The molecule has 0 radical (unpaired) electrons. The van der Waals surface area contributed by atoms with E-state index in [0.717, 1.165) is 11.3 Å². The minimum absolute atomic E-state index is 0.156. The van der Waals surface area contributed by atoms with Crippen molar-refractivity contribution in [3.63, 3.8) is 0 Å². The lowest BCUT2D eigenvalue weighted by atomic mass is 10.2. The quantitative estimate of drug-likeness (QED) is 0.405. The van der Waals surface area contributed by atoms with Crippen LogP contribution in [0.5, 0.6) is 0 Å². The molecule has 1 aromatic rings. The van der Waals surface area contributed by atoms with Gasteiger partial charge in [0.2, 0.25) is 0 Å². The van der Waals surface area contributed by atoms with Crippen LogP contribution in [0.3, 0.4) is 0 Å². The van der Waals surface area contributed by atoms with Crippen LogP contribution in [0.2, 0.25) is 0 Å². The van der Waals surface area contributed by atoms with E-state index in [4.69, 9.17) is 11.2 Å². The van der Waals surface area contributed by atoms with Gasteiger partial charge in [0, 0.05) is 5.56 Å². The zero-order valence-electron chi connectivity index (χ0n) is 8.40. The zero-order chi connectivity index (χ0) is 10.4. The number of aliphatic imine (C=N–C) groups is 1. The molecule has 0 heterocycles. The number of terminal acetylenes is 1. The molecule has 0 aromatic heterocycles. The SMILES string of the molecule is C#Cc1ccc(N=COC(C)C)cc1. The molecule has 14 heavy (non-hydrogen) atoms. The average Bonchev–Trinajstić information content (AvgIpc) is 2.18. The van der Waals surface area contributed by atoms with E-state index < -0.39 is 0 Å². The van der Waals surface area contributed by atoms with Gasteiger partial charge in [-0.2, -0.15) is 0 Å². The lowest BCUT2D eigenvalue weighted by Crippen LogP contribution is -1.98. The Balaban J connectivity index is 2.61. The van der Waals surface area contributed by atoms with Crippen molar-refractivity contribution >= 4 is 12.1 Å². The van der Waals surface area contributed by atoms with Gasteiger partial charge in [-0.05, 0) is 38.1 Å². The standard InChI is InChI=1S/C12H13NO/c1-4-11-5-7-12(8-6-11)13-9-14-10(2)3/h1,5-10H,2-3H3. The number of benzene rings is 1. The first-order chi connectivity index (χ1) is 6.72. The Morgan fingerprint density at radius 1 is 1.36 bits per heavy atom. The Kier molecular flexibility index (Phi) is 3.75. The van der Waals surface area contributed by atoms with Gasteiger partial charge in [-0.1, -0.05) is 5.92 Å². The van der Waals surface area contributed by atoms with Crippen LogP contribution in [-0.2, 0) is 4.74 Å². The summed E-state index contributed by atoms with van der Waals surface area (Å²) in [6, 6.07) is 7.41. The fourth-order valence-corrected chi connectivity index (χ4v) is 0.857. The molecule has 0 N–H and O–H groups in total. The summed E-state index contributed by atoms with van der Waals surface area (Å²) in [7, 11) is 0. The van der Waals surface area contributed by atoms with Crippen LogP contribution < -0.4 is 0 Å². The van der Waals surface area contributed by atoms with Crippen molar-refractivity contribution < 1.29 is 4.74 Å². The number of ether oxygens (including phenoxy) is 1. The molecular weight excluding hydrogens is 174 g/mol. The molecule has 0 spiro atoms. The smallest absolute Gasteiger partial charge is 0.174 e. The highest BCUT2D eigenvalue weighted by Crippen LogP contribution is 2.11. The Bertz CT molecular complexity index is 344. The largest absolute Gasteiger partial charge is 0.481 e. The summed E-state index contributed by atoms with van der Waals surface area (Å²) in [4.78, 5) is 4.11. The van der Waals surface area contributed by atoms with Crippen molar-refractivity contribution in [2.75, 3.05) is 0 Å². The van der Waals surface area contributed by atoms with Crippen molar-refractivity contribution in [1.29, 1.82) is 0 Å². The Morgan fingerprint density at radius 3 is 2.50 bits per heavy atom. The summed E-state index contributed by atoms with van der Waals surface area (Å²) >= 11 is 0. The van der Waals surface area contributed by atoms with Crippen LogP contribution in [0.15, 0.2) is 29.3 Å². The van der Waals surface area contributed by atoms with Crippen LogP contribution in [-0.4, -0.2) is 12.5 Å². The molecule has 0 fully saturated rings. The average molecular weight is 187 g/mol. The number of hydrogen-bond acceptors (Lipinski definition) is 2. The third-order valence-corrected chi connectivity index (χ3v) is 1.57. The predicted octanol–water partition coefficient (Wildman–Crippen LogP) is 2.75. The van der Waals surface area contributed by atoms with Crippen molar-refractivity contribution in [2.24, 2.45) is 4.99 Å². The number of hydrogen-bond donors (Lipinski definition) is 0. The highest BCUT2D eigenvalue weighted by molar-refractivity contribution is 5.56. The van der Waals surface area contributed by atoms with Crippen LogP contribution in [0.25, 0.3) is 0 Å². The Morgan fingerprint density at radius 2 is 2.00 bits per heavy atom.